The third-order valence-corrected chi connectivity index (χ3v) is 4.44. The minimum absolute atomic E-state index is 0.176. The SMILES string of the molecule is COc1cccc(NC(=O)N2CCC(O)(c3nccn3C)CC2)c1. The minimum Gasteiger partial charge on any atom is -0.497 e. The lowest BCUT2D eigenvalue weighted by molar-refractivity contribution is -0.0251. The van der Waals surface area contributed by atoms with Crippen LogP contribution in [-0.4, -0.2) is 45.8 Å². The summed E-state index contributed by atoms with van der Waals surface area (Å²) in [7, 11) is 3.45. The predicted molar refractivity (Wildman–Crippen MR) is 89.9 cm³/mol. The maximum Gasteiger partial charge on any atom is 0.321 e. The molecule has 2 aromatic rings. The number of hydrogen-bond acceptors (Lipinski definition) is 4. The van der Waals surface area contributed by atoms with Crippen LogP contribution in [0.5, 0.6) is 5.75 Å². The molecule has 7 heteroatoms. The van der Waals surface area contributed by atoms with E-state index in [0.717, 1.165) is 0 Å². The molecule has 1 aromatic heterocycles. The molecule has 0 atom stereocenters. The molecule has 0 unspecified atom stereocenters. The lowest BCUT2D eigenvalue weighted by Crippen LogP contribution is -2.47. The summed E-state index contributed by atoms with van der Waals surface area (Å²) in [6.45, 7) is 0.943. The Morgan fingerprint density at radius 2 is 2.12 bits per heavy atom. The lowest BCUT2D eigenvalue weighted by Gasteiger charge is -2.37. The van der Waals surface area contributed by atoms with Crippen LogP contribution in [0, 0.1) is 0 Å². The molecular formula is C17H22N4O3. The summed E-state index contributed by atoms with van der Waals surface area (Å²) in [5.74, 6) is 1.34. The van der Waals surface area contributed by atoms with Crippen LogP contribution in [0.4, 0.5) is 10.5 Å². The molecule has 1 saturated heterocycles. The van der Waals surface area contributed by atoms with Gasteiger partial charge in [-0.15, -0.1) is 0 Å². The number of likely N-dealkylation sites (tertiary alicyclic amines) is 1. The zero-order valence-electron chi connectivity index (χ0n) is 13.9. The van der Waals surface area contributed by atoms with Crippen LogP contribution in [0.1, 0.15) is 18.7 Å². The molecule has 0 spiro atoms. The first kappa shape index (κ1) is 16.3. The van der Waals surface area contributed by atoms with Gasteiger partial charge in [0.25, 0.3) is 0 Å². The summed E-state index contributed by atoms with van der Waals surface area (Å²) in [4.78, 5) is 18.4. The number of anilines is 1. The Morgan fingerprint density at radius 3 is 2.75 bits per heavy atom. The van der Waals surface area contributed by atoms with Gasteiger partial charge in [-0.3, -0.25) is 0 Å². The van der Waals surface area contributed by atoms with Crippen LogP contribution in [0.25, 0.3) is 0 Å². The van der Waals surface area contributed by atoms with Gasteiger partial charge in [-0.05, 0) is 12.1 Å². The third-order valence-electron chi connectivity index (χ3n) is 4.44. The van der Waals surface area contributed by atoms with Crippen LogP contribution in [0.3, 0.4) is 0 Å². The monoisotopic (exact) mass is 330 g/mol. The first-order valence-corrected chi connectivity index (χ1v) is 7.92. The van der Waals surface area contributed by atoms with E-state index in [-0.39, 0.29) is 6.03 Å². The maximum atomic E-state index is 12.4. The third kappa shape index (κ3) is 3.21. The summed E-state index contributed by atoms with van der Waals surface area (Å²) in [5, 5.41) is 13.7. The molecule has 0 bridgehead atoms. The highest BCUT2D eigenvalue weighted by Gasteiger charge is 2.38. The van der Waals surface area contributed by atoms with Crippen molar-refractivity contribution in [2.75, 3.05) is 25.5 Å². The molecule has 1 aliphatic heterocycles. The molecule has 3 rings (SSSR count). The highest BCUT2D eigenvalue weighted by Crippen LogP contribution is 2.31. The van der Waals surface area contributed by atoms with Crippen molar-refractivity contribution in [3.63, 3.8) is 0 Å². The standard InChI is InChI=1S/C17H22N4O3/c1-20-11-8-18-15(20)17(23)6-9-21(10-7-17)16(22)19-13-4-3-5-14(12-13)24-2/h3-5,8,11-12,23H,6-7,9-10H2,1-2H3,(H,19,22). The van der Waals surface area contributed by atoms with E-state index in [1.165, 1.54) is 0 Å². The quantitative estimate of drug-likeness (QED) is 0.901. The number of imidazole rings is 1. The van der Waals surface area contributed by atoms with E-state index in [1.54, 1.807) is 24.3 Å². The largest absolute Gasteiger partial charge is 0.497 e. The second kappa shape index (κ2) is 6.52. The second-order valence-corrected chi connectivity index (χ2v) is 6.04. The van der Waals surface area contributed by atoms with Gasteiger partial charge in [0.05, 0.1) is 7.11 Å². The van der Waals surface area contributed by atoms with Gasteiger partial charge in [0.2, 0.25) is 0 Å². The van der Waals surface area contributed by atoms with E-state index in [1.807, 2.05) is 36.0 Å². The number of carbonyl (C=O) groups is 1. The molecule has 0 saturated carbocycles. The van der Waals surface area contributed by atoms with E-state index in [2.05, 4.69) is 10.3 Å². The van der Waals surface area contributed by atoms with E-state index >= 15 is 0 Å². The summed E-state index contributed by atoms with van der Waals surface area (Å²) >= 11 is 0. The number of methoxy groups -OCH3 is 1. The van der Waals surface area contributed by atoms with Crippen molar-refractivity contribution >= 4 is 11.7 Å². The number of aromatic nitrogens is 2. The smallest absolute Gasteiger partial charge is 0.321 e. The van der Waals surface area contributed by atoms with E-state index in [4.69, 9.17) is 4.74 Å². The molecule has 0 aliphatic carbocycles. The lowest BCUT2D eigenvalue weighted by atomic mass is 9.90. The molecule has 128 valence electrons. The van der Waals surface area contributed by atoms with E-state index in [0.29, 0.717) is 43.2 Å². The van der Waals surface area contributed by atoms with Crippen LogP contribution >= 0.6 is 0 Å². The predicted octanol–water partition coefficient (Wildman–Crippen LogP) is 1.94. The Hall–Kier alpha value is -2.54. The van der Waals surface area contributed by atoms with E-state index in [9.17, 15) is 9.90 Å². The van der Waals surface area contributed by atoms with Gasteiger partial charge in [-0.2, -0.15) is 0 Å². The van der Waals surface area contributed by atoms with Crippen molar-refractivity contribution in [3.05, 3.63) is 42.5 Å². The van der Waals surface area contributed by atoms with Crippen LogP contribution < -0.4 is 10.1 Å². The normalized spacial score (nSPS) is 16.7. The Kier molecular flexibility index (Phi) is 4.44. The van der Waals surface area contributed by atoms with E-state index < -0.39 is 5.60 Å². The number of aliphatic hydroxyl groups is 1. The average molecular weight is 330 g/mol. The van der Waals surface area contributed by atoms with Crippen LogP contribution in [0.15, 0.2) is 36.7 Å². The van der Waals surface area contributed by atoms with Gasteiger partial charge in [-0.25, -0.2) is 9.78 Å². The number of piperidine rings is 1. The molecule has 0 radical (unpaired) electrons. The fourth-order valence-electron chi connectivity index (χ4n) is 3.02. The molecular weight excluding hydrogens is 308 g/mol. The average Bonchev–Trinajstić information content (AvgIpc) is 3.02. The molecule has 2 N–H and O–H groups in total. The Bertz CT molecular complexity index is 720. The summed E-state index contributed by atoms with van der Waals surface area (Å²) in [6, 6.07) is 7.06. The van der Waals surface area contributed by atoms with Gasteiger partial charge in [0.15, 0.2) is 0 Å². The van der Waals surface area contributed by atoms with Crippen molar-refractivity contribution in [1.82, 2.24) is 14.5 Å². The zero-order valence-corrected chi connectivity index (χ0v) is 13.9. The number of nitrogens with one attached hydrogen (secondary N) is 1. The first-order valence-electron chi connectivity index (χ1n) is 7.92. The van der Waals surface area contributed by atoms with Gasteiger partial charge < -0.3 is 24.6 Å². The molecule has 2 amide bonds. The number of carbonyl (C=O) groups excluding carboxylic acids is 1. The molecule has 2 heterocycles. The summed E-state index contributed by atoms with van der Waals surface area (Å²) in [6.07, 6.45) is 4.41. The number of nitrogens with zero attached hydrogens (tertiary/aromatic N) is 3. The number of ether oxygens (including phenoxy) is 1. The molecule has 7 nitrogen and oxygen atoms in total. The van der Waals surface area contributed by atoms with Crippen molar-refractivity contribution in [1.29, 1.82) is 0 Å². The zero-order chi connectivity index (χ0) is 17.2. The minimum atomic E-state index is -0.981. The fraction of sp³-hybridized carbons (Fsp3) is 0.412. The molecule has 1 fully saturated rings. The number of rotatable bonds is 3. The van der Waals surface area contributed by atoms with Gasteiger partial charge >= 0.3 is 6.03 Å². The van der Waals surface area contributed by atoms with Gasteiger partial charge in [0, 0.05) is 57.1 Å². The first-order chi connectivity index (χ1) is 11.5. The number of aryl methyl sites for hydroxylation is 1. The van der Waals surface area contributed by atoms with Crippen molar-refractivity contribution in [2.24, 2.45) is 7.05 Å². The van der Waals surface area contributed by atoms with Gasteiger partial charge in [0.1, 0.15) is 17.2 Å². The molecule has 1 aromatic carbocycles. The number of hydrogen-bond donors (Lipinski definition) is 2. The topological polar surface area (TPSA) is 79.6 Å². The molecule has 1 aliphatic rings. The Balaban J connectivity index is 1.62. The number of urea groups is 1. The number of amides is 2. The number of benzene rings is 1. The van der Waals surface area contributed by atoms with Crippen molar-refractivity contribution < 1.29 is 14.6 Å². The Morgan fingerprint density at radius 1 is 1.38 bits per heavy atom. The van der Waals surface area contributed by atoms with Crippen LogP contribution in [0.2, 0.25) is 0 Å². The fourth-order valence-corrected chi connectivity index (χ4v) is 3.02. The summed E-state index contributed by atoms with van der Waals surface area (Å²) in [5.41, 5.74) is -0.297. The highest BCUT2D eigenvalue weighted by atomic mass is 16.5. The van der Waals surface area contributed by atoms with Crippen molar-refractivity contribution in [3.8, 4) is 5.75 Å². The van der Waals surface area contributed by atoms with Crippen molar-refractivity contribution in [2.45, 2.75) is 18.4 Å². The highest BCUT2D eigenvalue weighted by molar-refractivity contribution is 5.89. The second-order valence-electron chi connectivity index (χ2n) is 6.04. The van der Waals surface area contributed by atoms with Gasteiger partial charge in [-0.1, -0.05) is 6.07 Å². The summed E-state index contributed by atoms with van der Waals surface area (Å²) < 4.78 is 6.98. The maximum absolute atomic E-state index is 12.4. The Labute approximate surface area is 140 Å². The molecule has 24 heavy (non-hydrogen) atoms. The van der Waals surface area contributed by atoms with Crippen LogP contribution in [-0.2, 0) is 12.6 Å².